The Morgan fingerprint density at radius 3 is 2.60 bits per heavy atom. The van der Waals surface area contributed by atoms with E-state index in [9.17, 15) is 13.2 Å². The van der Waals surface area contributed by atoms with E-state index in [2.05, 4.69) is 12.2 Å². The fourth-order valence-corrected chi connectivity index (χ4v) is 4.11. The first-order valence-electron chi connectivity index (χ1n) is 9.57. The van der Waals surface area contributed by atoms with Gasteiger partial charge in [-0.1, -0.05) is 36.7 Å². The van der Waals surface area contributed by atoms with Gasteiger partial charge in [-0.25, -0.2) is 13.6 Å². The zero-order valence-electron chi connectivity index (χ0n) is 16.7. The second-order valence-electron chi connectivity index (χ2n) is 7.73. The molecular formula is C21H25ClN2O5S. The number of anilines is 1. The van der Waals surface area contributed by atoms with Gasteiger partial charge in [0.15, 0.2) is 0 Å². The van der Waals surface area contributed by atoms with E-state index in [4.69, 9.17) is 26.2 Å². The molecule has 9 heteroatoms. The topological polar surface area (TPSA) is 108 Å². The minimum Gasteiger partial charge on any atom is -0.492 e. The van der Waals surface area contributed by atoms with Gasteiger partial charge < -0.3 is 14.8 Å². The van der Waals surface area contributed by atoms with Crippen molar-refractivity contribution in [3.63, 3.8) is 0 Å². The summed E-state index contributed by atoms with van der Waals surface area (Å²) in [5.41, 5.74) is 0.879. The third-order valence-electron chi connectivity index (χ3n) is 5.12. The van der Waals surface area contributed by atoms with Crippen LogP contribution in [0.25, 0.3) is 0 Å². The summed E-state index contributed by atoms with van der Waals surface area (Å²) in [7, 11) is -4.05. The Morgan fingerprint density at radius 1 is 1.23 bits per heavy atom. The number of halogens is 1. The molecular weight excluding hydrogens is 428 g/mol. The predicted molar refractivity (Wildman–Crippen MR) is 115 cm³/mol. The summed E-state index contributed by atoms with van der Waals surface area (Å²) in [6.45, 7) is 3.73. The molecule has 1 aliphatic heterocycles. The second kappa shape index (κ2) is 9.34. The molecule has 2 aromatic rings. The normalized spacial score (nSPS) is 16.1. The fraction of sp³-hybridized carbons (Fsp3) is 0.381. The molecule has 1 aliphatic rings. The zero-order valence-corrected chi connectivity index (χ0v) is 18.3. The van der Waals surface area contributed by atoms with Crippen LogP contribution in [0.15, 0.2) is 47.4 Å². The van der Waals surface area contributed by atoms with Crippen LogP contribution in [0.5, 0.6) is 5.75 Å². The van der Waals surface area contributed by atoms with Crippen LogP contribution < -0.4 is 15.2 Å². The number of primary sulfonamides is 1. The number of hydrogen-bond donors (Lipinski definition) is 2. The summed E-state index contributed by atoms with van der Waals surface area (Å²) in [6, 6.07) is 11.4. The Kier molecular flexibility index (Phi) is 7.02. The zero-order chi connectivity index (χ0) is 21.8. The molecule has 3 rings (SSSR count). The van der Waals surface area contributed by atoms with Crippen LogP contribution in [0.4, 0.5) is 5.69 Å². The van der Waals surface area contributed by atoms with Gasteiger partial charge in [0.05, 0.1) is 13.0 Å². The van der Waals surface area contributed by atoms with Crippen LogP contribution in [0.2, 0.25) is 5.02 Å². The lowest BCUT2D eigenvalue weighted by Crippen LogP contribution is -2.32. The van der Waals surface area contributed by atoms with E-state index in [0.29, 0.717) is 36.1 Å². The molecule has 3 N–H and O–H groups in total. The number of carbonyl (C=O) groups excluding carboxylic acids is 1. The van der Waals surface area contributed by atoms with Gasteiger partial charge in [-0.15, -0.1) is 0 Å². The molecule has 2 aromatic carbocycles. The van der Waals surface area contributed by atoms with E-state index in [1.165, 1.54) is 12.1 Å². The average Bonchev–Trinajstić information content (AvgIpc) is 2.68. The van der Waals surface area contributed by atoms with E-state index in [1.807, 2.05) is 0 Å². The number of amides is 1. The lowest BCUT2D eigenvalue weighted by molar-refractivity contribution is -0.115. The van der Waals surface area contributed by atoms with Crippen LogP contribution in [-0.2, 0) is 26.0 Å². The Labute approximate surface area is 181 Å². The highest BCUT2D eigenvalue weighted by Crippen LogP contribution is 2.33. The largest absolute Gasteiger partial charge is 0.492 e. The molecule has 1 fully saturated rings. The second-order valence-corrected chi connectivity index (χ2v) is 9.67. The summed E-state index contributed by atoms with van der Waals surface area (Å²) in [5.74, 6) is -0.166. The van der Waals surface area contributed by atoms with Crippen molar-refractivity contribution in [3.05, 3.63) is 53.1 Å². The van der Waals surface area contributed by atoms with Crippen molar-refractivity contribution < 1.29 is 22.7 Å². The van der Waals surface area contributed by atoms with E-state index >= 15 is 0 Å². The quantitative estimate of drug-likeness (QED) is 0.669. The van der Waals surface area contributed by atoms with Crippen molar-refractivity contribution >= 4 is 33.2 Å². The Balaban J connectivity index is 1.74. The van der Waals surface area contributed by atoms with Gasteiger partial charge in [-0.3, -0.25) is 4.79 Å². The number of carbonyl (C=O) groups is 1. The summed E-state index contributed by atoms with van der Waals surface area (Å²) >= 11 is 6.09. The maximum Gasteiger partial charge on any atom is 0.241 e. The molecule has 0 bridgehead atoms. The molecule has 162 valence electrons. The molecule has 1 saturated heterocycles. The summed E-state index contributed by atoms with van der Waals surface area (Å²) in [6.07, 6.45) is 1.71. The third-order valence-corrected chi connectivity index (χ3v) is 6.42. The minimum absolute atomic E-state index is 0.0586. The number of hydrogen-bond acceptors (Lipinski definition) is 5. The standard InChI is InChI=1S/C21H25ClN2O5S/c1-21(8-10-28-11-9-21)14-29-18-7-6-16(13-19(18)30(23,26)27)24-20(25)12-15-4-2-3-5-17(15)22/h2-7,13H,8-12,14H2,1H3,(H,24,25)(H2,23,26,27). The van der Waals surface area contributed by atoms with Crippen molar-refractivity contribution in [2.75, 3.05) is 25.1 Å². The van der Waals surface area contributed by atoms with Gasteiger partial charge in [0, 0.05) is 29.3 Å². The Hall–Kier alpha value is -2.13. The Bertz CT molecular complexity index is 1020. The first kappa shape index (κ1) is 22.6. The van der Waals surface area contributed by atoms with Crippen LogP contribution >= 0.6 is 11.6 Å². The van der Waals surface area contributed by atoms with E-state index in [1.54, 1.807) is 30.3 Å². The molecule has 30 heavy (non-hydrogen) atoms. The van der Waals surface area contributed by atoms with Crippen LogP contribution in [0.1, 0.15) is 25.3 Å². The highest BCUT2D eigenvalue weighted by Gasteiger charge is 2.29. The molecule has 1 amide bonds. The van der Waals surface area contributed by atoms with Gasteiger partial charge in [0.25, 0.3) is 0 Å². The molecule has 7 nitrogen and oxygen atoms in total. The van der Waals surface area contributed by atoms with Gasteiger partial charge in [0.2, 0.25) is 15.9 Å². The monoisotopic (exact) mass is 452 g/mol. The maximum atomic E-state index is 12.4. The summed E-state index contributed by atoms with van der Waals surface area (Å²) in [4.78, 5) is 12.2. The van der Waals surface area contributed by atoms with E-state index < -0.39 is 10.0 Å². The maximum absolute atomic E-state index is 12.4. The lowest BCUT2D eigenvalue weighted by Gasteiger charge is -2.33. The first-order chi connectivity index (χ1) is 14.2. The number of nitrogens with one attached hydrogen (secondary N) is 1. The molecule has 0 aliphatic carbocycles. The number of benzene rings is 2. The number of rotatable bonds is 7. The molecule has 0 spiro atoms. The predicted octanol–water partition coefficient (Wildman–Crippen LogP) is 3.36. The molecule has 0 radical (unpaired) electrons. The SMILES string of the molecule is CC1(COc2ccc(NC(=O)Cc3ccccc3Cl)cc2S(N)(=O)=O)CCOCC1. The molecule has 0 unspecified atom stereocenters. The van der Waals surface area contributed by atoms with Gasteiger partial charge in [0.1, 0.15) is 10.6 Å². The van der Waals surface area contributed by atoms with Crippen molar-refractivity contribution in [3.8, 4) is 5.75 Å². The van der Waals surface area contributed by atoms with Crippen LogP contribution in [-0.4, -0.2) is 34.1 Å². The molecule has 0 saturated carbocycles. The van der Waals surface area contributed by atoms with Crippen molar-refractivity contribution in [2.45, 2.75) is 31.1 Å². The minimum atomic E-state index is -4.05. The van der Waals surface area contributed by atoms with Crippen LogP contribution in [0.3, 0.4) is 0 Å². The van der Waals surface area contributed by atoms with E-state index in [0.717, 1.165) is 12.8 Å². The number of nitrogens with two attached hydrogens (primary N) is 1. The first-order valence-corrected chi connectivity index (χ1v) is 11.5. The number of sulfonamides is 1. The highest BCUT2D eigenvalue weighted by molar-refractivity contribution is 7.89. The fourth-order valence-electron chi connectivity index (χ4n) is 3.21. The Morgan fingerprint density at radius 2 is 1.93 bits per heavy atom. The number of ether oxygens (including phenoxy) is 2. The van der Waals surface area contributed by atoms with Gasteiger partial charge in [-0.2, -0.15) is 0 Å². The van der Waals surface area contributed by atoms with Gasteiger partial charge in [-0.05, 0) is 42.7 Å². The summed E-state index contributed by atoms with van der Waals surface area (Å²) < 4.78 is 35.4. The van der Waals surface area contributed by atoms with Crippen molar-refractivity contribution in [1.29, 1.82) is 0 Å². The van der Waals surface area contributed by atoms with Crippen LogP contribution in [0, 0.1) is 5.41 Å². The van der Waals surface area contributed by atoms with Gasteiger partial charge >= 0.3 is 0 Å². The van der Waals surface area contributed by atoms with Crippen molar-refractivity contribution in [2.24, 2.45) is 10.6 Å². The van der Waals surface area contributed by atoms with E-state index in [-0.39, 0.29) is 28.4 Å². The summed E-state index contributed by atoms with van der Waals surface area (Å²) in [5, 5.41) is 8.55. The highest BCUT2D eigenvalue weighted by atomic mass is 35.5. The van der Waals surface area contributed by atoms with Crippen molar-refractivity contribution in [1.82, 2.24) is 0 Å². The molecule has 1 heterocycles. The average molecular weight is 453 g/mol. The molecule has 0 aromatic heterocycles. The smallest absolute Gasteiger partial charge is 0.241 e. The molecule has 0 atom stereocenters. The lowest BCUT2D eigenvalue weighted by atomic mass is 9.83. The third kappa shape index (κ3) is 5.95.